The number of carbonyl (C=O) groups is 2. The molecule has 0 unspecified atom stereocenters. The first-order valence-electron chi connectivity index (χ1n) is 13.4. The Morgan fingerprint density at radius 3 is 2.11 bits per heavy atom. The number of allylic oxidation sites excluding steroid dienone is 2. The number of hydrogen-bond acceptors (Lipinski definition) is 4. The summed E-state index contributed by atoms with van der Waals surface area (Å²) in [6, 6.07) is 24.7. The van der Waals surface area contributed by atoms with E-state index in [-0.39, 0.29) is 11.8 Å². The van der Waals surface area contributed by atoms with E-state index < -0.39 is 0 Å². The van der Waals surface area contributed by atoms with Gasteiger partial charge in [-0.15, -0.1) is 0 Å². The number of carbonyl (C=O) groups excluding carboxylic acids is 2. The lowest BCUT2D eigenvalue weighted by atomic mass is 10.1. The number of unbranched alkanes of at least 4 members (excludes halogenated alkanes) is 5. The van der Waals surface area contributed by atoms with Crippen molar-refractivity contribution in [2.75, 3.05) is 6.61 Å². The summed E-state index contributed by atoms with van der Waals surface area (Å²) in [5, 5.41) is 0. The maximum atomic E-state index is 12.2. The van der Waals surface area contributed by atoms with Gasteiger partial charge in [-0.2, -0.15) is 0 Å². The number of ketones is 1. The van der Waals surface area contributed by atoms with E-state index in [1.165, 1.54) is 11.1 Å². The maximum Gasteiger partial charge on any atom is 0.311 e. The summed E-state index contributed by atoms with van der Waals surface area (Å²) in [7, 11) is 0. The molecule has 198 valence electrons. The minimum absolute atomic E-state index is 0.0460. The second kappa shape index (κ2) is 16.2. The molecule has 3 rings (SSSR count). The summed E-state index contributed by atoms with van der Waals surface area (Å²) in [6.07, 6.45) is 10.0. The van der Waals surface area contributed by atoms with E-state index in [0.29, 0.717) is 24.3 Å². The van der Waals surface area contributed by atoms with Crippen molar-refractivity contribution in [2.45, 2.75) is 58.5 Å². The third kappa shape index (κ3) is 10.7. The number of rotatable bonds is 16. The smallest absolute Gasteiger partial charge is 0.311 e. The van der Waals surface area contributed by atoms with Gasteiger partial charge in [0.05, 0.1) is 6.61 Å². The lowest BCUT2D eigenvalue weighted by Gasteiger charge is -2.06. The Balaban J connectivity index is 1.20. The molecule has 0 amide bonds. The maximum absolute atomic E-state index is 12.2. The van der Waals surface area contributed by atoms with Crippen LogP contribution in [-0.2, 0) is 16.1 Å². The zero-order valence-corrected chi connectivity index (χ0v) is 22.4. The molecule has 0 heterocycles. The van der Waals surface area contributed by atoms with E-state index in [1.54, 1.807) is 36.4 Å². The second-order valence-electron chi connectivity index (χ2n) is 9.51. The number of ether oxygens (including phenoxy) is 2. The molecule has 38 heavy (non-hydrogen) atoms. The van der Waals surface area contributed by atoms with Crippen molar-refractivity contribution in [3.63, 3.8) is 0 Å². The molecule has 0 bridgehead atoms. The summed E-state index contributed by atoms with van der Waals surface area (Å²) in [5.41, 5.74) is 4.95. The summed E-state index contributed by atoms with van der Waals surface area (Å²) >= 11 is 0. The number of benzene rings is 3. The van der Waals surface area contributed by atoms with Crippen LogP contribution in [0.15, 0.2) is 91.5 Å². The summed E-state index contributed by atoms with van der Waals surface area (Å²) in [4.78, 5) is 24.3. The highest BCUT2D eigenvalue weighted by Crippen LogP contribution is 2.16. The van der Waals surface area contributed by atoms with Gasteiger partial charge in [0.25, 0.3) is 0 Å². The first-order valence-corrected chi connectivity index (χ1v) is 13.4. The van der Waals surface area contributed by atoms with E-state index in [9.17, 15) is 9.59 Å². The minimum atomic E-state index is -0.211. The fraction of sp³-hybridized carbons (Fsp3) is 0.294. The number of hydrogen-bond donors (Lipinski definition) is 0. The van der Waals surface area contributed by atoms with Crippen LogP contribution in [0.25, 0.3) is 11.6 Å². The molecule has 0 aliphatic carbocycles. The zero-order chi connectivity index (χ0) is 27.0. The molecule has 0 saturated heterocycles. The Kier molecular flexibility index (Phi) is 12.2. The topological polar surface area (TPSA) is 52.6 Å². The van der Waals surface area contributed by atoms with Crippen LogP contribution >= 0.6 is 0 Å². The van der Waals surface area contributed by atoms with Crippen molar-refractivity contribution in [3.8, 4) is 5.75 Å². The van der Waals surface area contributed by atoms with Gasteiger partial charge in [-0.3, -0.25) is 9.59 Å². The Morgan fingerprint density at radius 1 is 0.763 bits per heavy atom. The van der Waals surface area contributed by atoms with E-state index in [0.717, 1.165) is 56.3 Å². The molecule has 0 radical (unpaired) electrons. The van der Waals surface area contributed by atoms with Gasteiger partial charge in [0, 0.05) is 18.6 Å². The van der Waals surface area contributed by atoms with Crippen LogP contribution in [0.1, 0.15) is 78.9 Å². The predicted octanol–water partition coefficient (Wildman–Crippen LogP) is 8.47. The van der Waals surface area contributed by atoms with E-state index in [4.69, 9.17) is 9.47 Å². The highest BCUT2D eigenvalue weighted by atomic mass is 16.5. The van der Waals surface area contributed by atoms with Gasteiger partial charge in [-0.25, -0.2) is 0 Å². The van der Waals surface area contributed by atoms with Gasteiger partial charge in [0.15, 0.2) is 5.78 Å². The highest BCUT2D eigenvalue weighted by molar-refractivity contribution is 6.06. The quantitative estimate of drug-likeness (QED) is 0.0637. The van der Waals surface area contributed by atoms with E-state index >= 15 is 0 Å². The molecule has 0 aliphatic rings. The van der Waals surface area contributed by atoms with Crippen LogP contribution < -0.4 is 4.74 Å². The molecule has 0 spiro atoms. The SMILES string of the molecule is C=C(C)c1ccc(COCCCCCCCCC(=O)Oc2ccc(C=CC(=O)c3ccccc3)cc2)cc1. The van der Waals surface area contributed by atoms with Crippen LogP contribution in [0.4, 0.5) is 0 Å². The Labute approximate surface area is 227 Å². The van der Waals surface area contributed by atoms with Gasteiger partial charge in [-0.05, 0) is 54.7 Å². The van der Waals surface area contributed by atoms with Crippen LogP contribution in [-0.4, -0.2) is 18.4 Å². The highest BCUT2D eigenvalue weighted by Gasteiger charge is 2.05. The average Bonchev–Trinajstić information content (AvgIpc) is 2.94. The molecule has 0 aliphatic heterocycles. The standard InChI is InChI=1S/C34H38O4/c1-27(2)30-20-15-29(16-21-30)26-37-25-11-6-4-3-5-10-14-34(36)38-32-22-17-28(18-23-32)19-24-33(35)31-12-8-7-9-13-31/h7-9,12-13,15-24H,1,3-6,10-11,14,25-26H2,2H3. The lowest BCUT2D eigenvalue weighted by Crippen LogP contribution is -2.07. The monoisotopic (exact) mass is 510 g/mol. The van der Waals surface area contributed by atoms with Crippen LogP contribution in [0.5, 0.6) is 5.75 Å². The van der Waals surface area contributed by atoms with Crippen LogP contribution in [0.2, 0.25) is 0 Å². The third-order valence-electron chi connectivity index (χ3n) is 6.23. The fourth-order valence-electron chi connectivity index (χ4n) is 3.96. The minimum Gasteiger partial charge on any atom is -0.427 e. The van der Waals surface area contributed by atoms with Gasteiger partial charge >= 0.3 is 5.97 Å². The molecule has 4 nitrogen and oxygen atoms in total. The van der Waals surface area contributed by atoms with Crippen molar-refractivity contribution in [3.05, 3.63) is 114 Å². The third-order valence-corrected chi connectivity index (χ3v) is 6.23. The Bertz CT molecular complexity index is 1180. The van der Waals surface area contributed by atoms with Crippen molar-refractivity contribution in [2.24, 2.45) is 0 Å². The molecule has 0 saturated carbocycles. The van der Waals surface area contributed by atoms with Gasteiger partial charge < -0.3 is 9.47 Å². The number of esters is 1. The normalized spacial score (nSPS) is 11.0. The van der Waals surface area contributed by atoms with E-state index in [1.807, 2.05) is 37.3 Å². The first-order chi connectivity index (χ1) is 18.5. The summed E-state index contributed by atoms with van der Waals surface area (Å²) in [6.45, 7) is 7.38. The fourth-order valence-corrected chi connectivity index (χ4v) is 3.96. The molecule has 0 fully saturated rings. The van der Waals surface area contributed by atoms with Crippen molar-refractivity contribution in [1.29, 1.82) is 0 Å². The van der Waals surface area contributed by atoms with Crippen LogP contribution in [0.3, 0.4) is 0 Å². The summed E-state index contributed by atoms with van der Waals surface area (Å²) < 4.78 is 11.2. The largest absolute Gasteiger partial charge is 0.427 e. The Morgan fingerprint density at radius 2 is 1.42 bits per heavy atom. The molecule has 0 N–H and O–H groups in total. The van der Waals surface area contributed by atoms with Crippen molar-refractivity contribution >= 4 is 23.4 Å². The molecule has 4 heteroatoms. The van der Waals surface area contributed by atoms with Crippen molar-refractivity contribution in [1.82, 2.24) is 0 Å². The predicted molar refractivity (Wildman–Crippen MR) is 155 cm³/mol. The first kappa shape index (κ1) is 28.8. The molecule has 0 aromatic heterocycles. The molecule has 3 aromatic carbocycles. The zero-order valence-electron chi connectivity index (χ0n) is 22.4. The van der Waals surface area contributed by atoms with Crippen LogP contribution in [0, 0.1) is 0 Å². The van der Waals surface area contributed by atoms with Gasteiger partial charge in [-0.1, -0.05) is 111 Å². The lowest BCUT2D eigenvalue weighted by molar-refractivity contribution is -0.134. The molecule has 0 atom stereocenters. The molecular weight excluding hydrogens is 472 g/mol. The van der Waals surface area contributed by atoms with Gasteiger partial charge in [0.2, 0.25) is 0 Å². The molecule has 3 aromatic rings. The van der Waals surface area contributed by atoms with E-state index in [2.05, 4.69) is 30.8 Å². The second-order valence-corrected chi connectivity index (χ2v) is 9.51. The van der Waals surface area contributed by atoms with Gasteiger partial charge in [0.1, 0.15) is 5.75 Å². The average molecular weight is 511 g/mol. The molecular formula is C34H38O4. The summed E-state index contributed by atoms with van der Waals surface area (Å²) in [5.74, 6) is 0.265. The Hall–Kier alpha value is -3.76. The van der Waals surface area contributed by atoms with Crippen molar-refractivity contribution < 1.29 is 19.1 Å².